The molecule has 1 amide bonds. The SMILES string of the molecule is O=C(NOCCO)c1[nH]c2c(Cl)cncc2c1Nc1ccc(I)cc1F. The Morgan fingerprint density at radius 1 is 1.42 bits per heavy atom. The topological polar surface area (TPSA) is 99.3 Å². The molecule has 10 heteroatoms. The molecule has 0 aliphatic rings. The number of amides is 1. The first kappa shape index (κ1) is 18.8. The van der Waals surface area contributed by atoms with Crippen LogP contribution in [0.25, 0.3) is 10.9 Å². The highest BCUT2D eigenvalue weighted by Gasteiger charge is 2.21. The Hall–Kier alpha value is -1.95. The zero-order valence-electron chi connectivity index (χ0n) is 13.1. The van der Waals surface area contributed by atoms with Gasteiger partial charge in [0.2, 0.25) is 0 Å². The van der Waals surface area contributed by atoms with Crippen LogP contribution < -0.4 is 10.8 Å². The van der Waals surface area contributed by atoms with Crippen molar-refractivity contribution < 1.29 is 19.1 Å². The van der Waals surface area contributed by atoms with Crippen molar-refractivity contribution in [2.45, 2.75) is 0 Å². The van der Waals surface area contributed by atoms with E-state index in [1.165, 1.54) is 18.5 Å². The number of hydroxylamine groups is 1. The number of nitrogens with zero attached hydrogens (tertiary/aromatic N) is 1. The van der Waals surface area contributed by atoms with Crippen molar-refractivity contribution in [3.8, 4) is 0 Å². The Morgan fingerprint density at radius 2 is 2.23 bits per heavy atom. The Labute approximate surface area is 166 Å². The smallest absolute Gasteiger partial charge is 0.293 e. The van der Waals surface area contributed by atoms with E-state index in [1.807, 2.05) is 22.6 Å². The van der Waals surface area contributed by atoms with E-state index in [0.717, 1.165) is 3.57 Å². The van der Waals surface area contributed by atoms with Gasteiger partial charge in [0.25, 0.3) is 5.91 Å². The van der Waals surface area contributed by atoms with Crippen LogP contribution in [0.4, 0.5) is 15.8 Å². The van der Waals surface area contributed by atoms with Crippen LogP contribution in [0.15, 0.2) is 30.6 Å². The molecule has 0 spiro atoms. The molecule has 3 rings (SSSR count). The highest BCUT2D eigenvalue weighted by Crippen LogP contribution is 2.34. The van der Waals surface area contributed by atoms with Crippen LogP contribution in [-0.4, -0.2) is 34.2 Å². The predicted molar refractivity (Wildman–Crippen MR) is 104 cm³/mol. The number of carbonyl (C=O) groups is 1. The van der Waals surface area contributed by atoms with Gasteiger partial charge in [-0.3, -0.25) is 14.6 Å². The van der Waals surface area contributed by atoms with Crippen LogP contribution in [0.3, 0.4) is 0 Å². The van der Waals surface area contributed by atoms with E-state index in [0.29, 0.717) is 21.6 Å². The second-order valence-corrected chi connectivity index (χ2v) is 6.82. The number of nitrogens with one attached hydrogen (secondary N) is 3. The van der Waals surface area contributed by atoms with Crippen molar-refractivity contribution in [1.82, 2.24) is 15.4 Å². The zero-order valence-corrected chi connectivity index (χ0v) is 16.1. The minimum atomic E-state index is -0.612. The van der Waals surface area contributed by atoms with Gasteiger partial charge in [-0.2, -0.15) is 0 Å². The normalized spacial score (nSPS) is 10.9. The quantitative estimate of drug-likeness (QED) is 0.241. The second kappa shape index (κ2) is 8.16. The molecular weight excluding hydrogens is 478 g/mol. The number of hydrogen-bond acceptors (Lipinski definition) is 5. The van der Waals surface area contributed by atoms with Crippen LogP contribution in [0.5, 0.6) is 0 Å². The van der Waals surface area contributed by atoms with Gasteiger partial charge < -0.3 is 15.4 Å². The fourth-order valence-electron chi connectivity index (χ4n) is 2.31. The number of anilines is 2. The maximum Gasteiger partial charge on any atom is 0.293 e. The molecule has 4 N–H and O–H groups in total. The molecule has 0 aliphatic carbocycles. The molecule has 0 aliphatic heterocycles. The average Bonchev–Trinajstić information content (AvgIpc) is 2.98. The minimum Gasteiger partial charge on any atom is -0.394 e. The number of aliphatic hydroxyl groups excluding tert-OH is 1. The first-order valence-electron chi connectivity index (χ1n) is 7.41. The van der Waals surface area contributed by atoms with Gasteiger partial charge in [-0.05, 0) is 40.8 Å². The fourth-order valence-corrected chi connectivity index (χ4v) is 2.97. The molecule has 2 aromatic heterocycles. The first-order valence-corrected chi connectivity index (χ1v) is 8.87. The lowest BCUT2D eigenvalue weighted by Crippen LogP contribution is -2.26. The molecule has 0 fully saturated rings. The maximum absolute atomic E-state index is 14.2. The Bertz CT molecular complexity index is 966. The molecule has 1 aromatic carbocycles. The number of aromatic amines is 1. The van der Waals surface area contributed by atoms with Crippen LogP contribution in [0, 0.1) is 9.39 Å². The number of pyridine rings is 1. The Balaban J connectivity index is 2.04. The molecule has 0 saturated heterocycles. The molecule has 136 valence electrons. The third kappa shape index (κ3) is 3.90. The van der Waals surface area contributed by atoms with Gasteiger partial charge in [0.1, 0.15) is 11.5 Å². The summed E-state index contributed by atoms with van der Waals surface area (Å²) in [6, 6.07) is 4.67. The Morgan fingerprint density at radius 3 is 2.96 bits per heavy atom. The first-order chi connectivity index (χ1) is 12.5. The van der Waals surface area contributed by atoms with Gasteiger partial charge in [0.15, 0.2) is 0 Å². The van der Waals surface area contributed by atoms with Gasteiger partial charge in [-0.1, -0.05) is 11.6 Å². The van der Waals surface area contributed by atoms with Crippen molar-refractivity contribution in [1.29, 1.82) is 0 Å². The summed E-state index contributed by atoms with van der Waals surface area (Å²) in [7, 11) is 0. The number of carbonyl (C=O) groups excluding carboxylic acids is 1. The highest BCUT2D eigenvalue weighted by atomic mass is 127. The monoisotopic (exact) mass is 490 g/mol. The zero-order chi connectivity index (χ0) is 18.7. The summed E-state index contributed by atoms with van der Waals surface area (Å²) < 4.78 is 15.0. The van der Waals surface area contributed by atoms with Gasteiger partial charge >= 0.3 is 0 Å². The van der Waals surface area contributed by atoms with Crippen LogP contribution in [-0.2, 0) is 4.84 Å². The number of rotatable bonds is 6. The van der Waals surface area contributed by atoms with Crippen LogP contribution in [0.1, 0.15) is 10.5 Å². The van der Waals surface area contributed by atoms with Gasteiger partial charge in [0, 0.05) is 21.4 Å². The number of H-pyrrole nitrogens is 1. The molecule has 7 nitrogen and oxygen atoms in total. The Kier molecular flexibility index (Phi) is 5.91. The number of aromatic nitrogens is 2. The third-order valence-corrected chi connectivity index (χ3v) is 4.40. The number of hydrogen-bond donors (Lipinski definition) is 4. The molecule has 0 atom stereocenters. The maximum atomic E-state index is 14.2. The molecule has 26 heavy (non-hydrogen) atoms. The minimum absolute atomic E-state index is 0.0667. The van der Waals surface area contributed by atoms with Crippen LogP contribution in [0.2, 0.25) is 5.02 Å². The molecule has 0 bridgehead atoms. The van der Waals surface area contributed by atoms with Gasteiger partial charge in [-0.15, -0.1) is 0 Å². The predicted octanol–water partition coefficient (Wildman–Crippen LogP) is 3.36. The molecule has 2 heterocycles. The van der Waals surface area contributed by atoms with Crippen molar-refractivity contribution >= 4 is 62.4 Å². The molecule has 3 aromatic rings. The summed E-state index contributed by atoms with van der Waals surface area (Å²) >= 11 is 8.14. The third-order valence-electron chi connectivity index (χ3n) is 3.45. The summed E-state index contributed by atoms with van der Waals surface area (Å²) in [5, 5.41) is 12.5. The summed E-state index contributed by atoms with van der Waals surface area (Å²) in [6.07, 6.45) is 2.94. The van der Waals surface area contributed by atoms with Crippen molar-refractivity contribution in [2.75, 3.05) is 18.5 Å². The fraction of sp³-hybridized carbons (Fsp3) is 0.125. The van der Waals surface area contributed by atoms with Crippen molar-refractivity contribution in [2.24, 2.45) is 0 Å². The molecule has 0 unspecified atom stereocenters. The van der Waals surface area contributed by atoms with Gasteiger partial charge in [-0.25, -0.2) is 9.87 Å². The number of halogens is 3. The van der Waals surface area contributed by atoms with E-state index in [4.69, 9.17) is 21.5 Å². The van der Waals surface area contributed by atoms with Crippen LogP contribution >= 0.6 is 34.2 Å². The van der Waals surface area contributed by atoms with E-state index in [-0.39, 0.29) is 24.6 Å². The lowest BCUT2D eigenvalue weighted by Gasteiger charge is -2.10. The number of benzene rings is 1. The lowest BCUT2D eigenvalue weighted by atomic mass is 10.2. The van der Waals surface area contributed by atoms with E-state index in [1.54, 1.807) is 12.1 Å². The number of fused-ring (bicyclic) bond motifs is 1. The summed E-state index contributed by atoms with van der Waals surface area (Å²) in [5.41, 5.74) is 3.26. The lowest BCUT2D eigenvalue weighted by molar-refractivity contribution is 0.0166. The van der Waals surface area contributed by atoms with Crippen molar-refractivity contribution in [3.63, 3.8) is 0 Å². The molecule has 0 saturated carbocycles. The summed E-state index contributed by atoms with van der Waals surface area (Å²) in [4.78, 5) is 24.2. The standard InChI is InChI=1S/C16H13ClFIN4O3/c17-10-7-20-6-9-13(10)22-15(16(25)23-26-4-3-24)14(9)21-12-2-1-8(19)5-11(12)18/h1-2,5-7,21-22,24H,3-4H2,(H,23,25). The van der Waals surface area contributed by atoms with E-state index in [9.17, 15) is 9.18 Å². The van der Waals surface area contributed by atoms with Crippen molar-refractivity contribution in [3.05, 3.63) is 50.7 Å². The van der Waals surface area contributed by atoms with E-state index >= 15 is 0 Å². The van der Waals surface area contributed by atoms with Gasteiger partial charge in [0.05, 0.1) is 35.1 Å². The van der Waals surface area contributed by atoms with E-state index in [2.05, 4.69) is 20.8 Å². The molecular formula is C16H13ClFIN4O3. The summed E-state index contributed by atoms with van der Waals surface area (Å²) in [6.45, 7) is -0.315. The highest BCUT2D eigenvalue weighted by molar-refractivity contribution is 14.1. The summed E-state index contributed by atoms with van der Waals surface area (Å²) in [5.74, 6) is -1.08. The second-order valence-electron chi connectivity index (χ2n) is 5.17. The van der Waals surface area contributed by atoms with E-state index < -0.39 is 11.7 Å². The largest absolute Gasteiger partial charge is 0.394 e. The molecule has 0 radical (unpaired) electrons. The number of aliphatic hydroxyl groups is 1. The average molecular weight is 491 g/mol.